The van der Waals surface area contributed by atoms with Crippen molar-refractivity contribution in [1.82, 2.24) is 0 Å². The van der Waals surface area contributed by atoms with E-state index in [2.05, 4.69) is 0 Å². The molecule has 0 amide bonds. The molecule has 0 radical (unpaired) electrons. The molecule has 0 aliphatic rings. The van der Waals surface area contributed by atoms with Crippen molar-refractivity contribution in [3.63, 3.8) is 0 Å². The summed E-state index contributed by atoms with van der Waals surface area (Å²) >= 11 is 0. The quantitative estimate of drug-likeness (QED) is 0.101. The summed E-state index contributed by atoms with van der Waals surface area (Å²) in [7, 11) is 0. The van der Waals surface area contributed by atoms with Gasteiger partial charge in [0, 0.05) is 68.2 Å². The topological polar surface area (TPSA) is 13.0 Å². The number of hydrogen-bond acceptors (Lipinski definition) is 4. The Hall–Kier alpha value is -10.2. The summed E-state index contributed by atoms with van der Waals surface area (Å²) in [5.74, 6) is 0. The predicted octanol–water partition coefficient (Wildman–Crippen LogP) is 20.6. The first-order valence-corrected chi connectivity index (χ1v) is 23.4. The Bertz CT molecular complexity index is 4930. The van der Waals surface area contributed by atoms with Gasteiger partial charge < -0.3 is 19.6 Å². The van der Waals surface area contributed by atoms with E-state index >= 15 is 0 Å². The molecule has 12 aromatic carbocycles. The maximum Gasteiger partial charge on any atom is 0.0645 e. The number of hydrogen-bond donors (Lipinski definition) is 0. The molecule has 4 nitrogen and oxygen atoms in total. The van der Waals surface area contributed by atoms with Crippen LogP contribution < -0.4 is 19.6 Å². The Kier molecular flexibility index (Phi) is 6.99. The summed E-state index contributed by atoms with van der Waals surface area (Å²) in [5.41, 5.74) is 2.75. The Morgan fingerprint density at radius 1 is 0.145 bits per heavy atom. The van der Waals surface area contributed by atoms with Crippen molar-refractivity contribution in [3.8, 4) is 33.4 Å². The van der Waals surface area contributed by atoms with Crippen molar-refractivity contribution < 1.29 is 41.1 Å². The van der Waals surface area contributed by atoms with Gasteiger partial charge in [0.25, 0.3) is 0 Å². The van der Waals surface area contributed by atoms with E-state index in [-0.39, 0.29) is 22.7 Å². The van der Waals surface area contributed by atoms with Crippen LogP contribution in [0.4, 0.5) is 68.2 Å². The van der Waals surface area contributed by atoms with Gasteiger partial charge in [-0.3, -0.25) is 0 Å². The van der Waals surface area contributed by atoms with Gasteiger partial charge >= 0.3 is 0 Å². The second-order valence-corrected chi connectivity index (χ2v) is 16.5. The summed E-state index contributed by atoms with van der Waals surface area (Å²) in [6.45, 7) is 0. The number of anilines is 12. The molecule has 12 aromatic rings. The van der Waals surface area contributed by atoms with Crippen LogP contribution in [0.2, 0.25) is 0 Å². The fraction of sp³-hybridized carbons (Fsp3) is 0. The Labute approximate surface area is 488 Å². The monoisotopic (exact) mass is 1000 g/mol. The maximum atomic E-state index is 9.10. The largest absolute Gasteiger partial charge is 0.311 e. The third kappa shape index (κ3) is 10.1. The van der Waals surface area contributed by atoms with E-state index < -0.39 is 204 Å². The van der Waals surface area contributed by atoms with Crippen molar-refractivity contribution in [2.45, 2.75) is 0 Å². The summed E-state index contributed by atoms with van der Waals surface area (Å²) in [5, 5.41) is 0. The van der Waals surface area contributed by atoms with Gasteiger partial charge in [0.05, 0.1) is 41.1 Å². The van der Waals surface area contributed by atoms with Crippen LogP contribution in [0.3, 0.4) is 0 Å². The lowest BCUT2D eigenvalue weighted by molar-refractivity contribution is 1.28. The number of para-hydroxylation sites is 6. The molecule has 0 aliphatic heterocycles. The van der Waals surface area contributed by atoms with Gasteiger partial charge in [0.1, 0.15) is 0 Å². The van der Waals surface area contributed by atoms with Crippen molar-refractivity contribution in [1.29, 1.82) is 0 Å². The first-order valence-electron chi connectivity index (χ1n) is 38.4. The zero-order valence-corrected chi connectivity index (χ0v) is 39.6. The van der Waals surface area contributed by atoms with E-state index in [1.807, 2.05) is 0 Å². The molecule has 0 atom stereocenters. The highest BCUT2D eigenvalue weighted by atomic mass is 15.2. The molecule has 0 aliphatic carbocycles. The zero-order chi connectivity index (χ0) is 77.0. The third-order valence-corrected chi connectivity index (χ3v) is 12.0. The van der Waals surface area contributed by atoms with E-state index in [4.69, 9.17) is 41.1 Å². The lowest BCUT2D eigenvalue weighted by Gasteiger charge is -2.26. The van der Waals surface area contributed by atoms with Crippen LogP contribution in [0.1, 0.15) is 41.1 Å². The molecule has 0 aromatic heterocycles. The summed E-state index contributed by atoms with van der Waals surface area (Å²) in [6, 6.07) is 19.5. The minimum absolute atomic E-state index is 0.0709. The molecule has 12 rings (SSSR count). The standard InChI is InChI=1S/C72H54N4/c1-7-19-61(20-8-1)73(62-21-9-2-10-22-62)67-43-31-55(32-44-67)57-35-47-69(48-36-57)75(65-27-15-5-16-28-65)71-51-39-59(40-52-71)60-41-53-72(54-42-60)76(66-29-17-6-18-30-66)70-49-37-58(38-50-70)56-33-45-68(46-34-56)74(63-23-11-3-12-24-63)64-25-13-4-14-26-64/h1-54H/i1D,2D,3D,4D,5D,6D,7D,8D,9D,10D,11D,12D,13D,14D,15D,16D,17D,18D,19D,20D,21D,22D,23D,24D,25D,26D,27D,28D,29D,30D. The molecule has 76 heavy (non-hydrogen) atoms. The van der Waals surface area contributed by atoms with Crippen LogP contribution >= 0.6 is 0 Å². The molecule has 0 fully saturated rings. The predicted molar refractivity (Wildman–Crippen MR) is 321 cm³/mol. The number of rotatable bonds is 15. The highest BCUT2D eigenvalue weighted by Crippen LogP contribution is 2.41. The maximum absolute atomic E-state index is 9.10. The minimum Gasteiger partial charge on any atom is -0.311 e. The third-order valence-electron chi connectivity index (χ3n) is 12.0. The molecule has 0 heterocycles. The normalized spacial score (nSPS) is 16.4. The number of benzene rings is 12. The van der Waals surface area contributed by atoms with E-state index in [1.165, 1.54) is 34.1 Å². The molecule has 362 valence electrons. The van der Waals surface area contributed by atoms with Gasteiger partial charge in [-0.15, -0.1) is 0 Å². The molecule has 0 N–H and O–H groups in total. The van der Waals surface area contributed by atoms with Crippen LogP contribution in [0.15, 0.2) is 327 Å². The lowest BCUT2D eigenvalue weighted by atomic mass is 10.0. The summed E-state index contributed by atoms with van der Waals surface area (Å²) in [6.07, 6.45) is 0. The Balaban J connectivity index is 0.877. The molecule has 4 heteroatoms. The van der Waals surface area contributed by atoms with Gasteiger partial charge in [-0.1, -0.05) is 182 Å². The minimum atomic E-state index is -0.724. The van der Waals surface area contributed by atoms with Crippen LogP contribution in [0.25, 0.3) is 33.4 Å². The average molecular weight is 1010 g/mol. The number of nitrogens with zero attached hydrogens (tertiary/aromatic N) is 4. The van der Waals surface area contributed by atoms with Crippen LogP contribution in [0.5, 0.6) is 0 Å². The van der Waals surface area contributed by atoms with Gasteiger partial charge in [0.15, 0.2) is 0 Å². The molecule has 0 spiro atoms. The van der Waals surface area contributed by atoms with Crippen molar-refractivity contribution >= 4 is 68.2 Å². The van der Waals surface area contributed by atoms with Crippen molar-refractivity contribution in [3.05, 3.63) is 327 Å². The molecule has 0 unspecified atom stereocenters. The van der Waals surface area contributed by atoms with Crippen molar-refractivity contribution in [2.24, 2.45) is 0 Å². The highest BCUT2D eigenvalue weighted by molar-refractivity contribution is 5.84. The molecule has 0 bridgehead atoms. The van der Waals surface area contributed by atoms with Crippen LogP contribution in [0, 0.1) is 0 Å². The fourth-order valence-electron chi connectivity index (χ4n) is 8.50. The first-order chi connectivity index (χ1) is 50.1. The first kappa shape index (κ1) is 24.2. The zero-order valence-electron chi connectivity index (χ0n) is 69.6. The second-order valence-electron chi connectivity index (χ2n) is 16.5. The lowest BCUT2D eigenvalue weighted by Crippen LogP contribution is -2.10. The van der Waals surface area contributed by atoms with Crippen molar-refractivity contribution in [2.75, 3.05) is 19.6 Å². The SMILES string of the molecule is [2H]c1c([2H])c([2H])c(N(c2ccc(-c3ccc(N(c4ccc(-c5ccc(N(c6c([2H])c([2H])c([2H])c([2H])c6[2H])c6c([2H])c([2H])c([2H])c([2H])c6[2H])cc5)cc4)c4c([2H])c([2H])c([2H])c([2H])c4[2H])cc3)cc2)c2ccc(-c3ccc(N(c4c([2H])c([2H])c([2H])c([2H])c4[2H])c4c([2H])c([2H])c([2H])c([2H])c4[2H])cc3)cc2)c([2H])c1[2H]. The van der Waals surface area contributed by atoms with Gasteiger partial charge in [-0.25, -0.2) is 0 Å². The van der Waals surface area contributed by atoms with Gasteiger partial charge in [0.2, 0.25) is 0 Å². The second kappa shape index (κ2) is 21.9. The van der Waals surface area contributed by atoms with E-state index in [1.54, 1.807) is 121 Å². The Morgan fingerprint density at radius 3 is 0.395 bits per heavy atom. The molecular formula is C72H54N4. The van der Waals surface area contributed by atoms with E-state index in [9.17, 15) is 0 Å². The van der Waals surface area contributed by atoms with E-state index in [0.717, 1.165) is 9.80 Å². The van der Waals surface area contributed by atoms with E-state index in [0.29, 0.717) is 56.1 Å². The van der Waals surface area contributed by atoms with Crippen LogP contribution in [-0.4, -0.2) is 0 Å². The van der Waals surface area contributed by atoms with Gasteiger partial charge in [-0.2, -0.15) is 0 Å². The summed E-state index contributed by atoms with van der Waals surface area (Å²) in [4.78, 5) is 5.05. The highest BCUT2D eigenvalue weighted by Gasteiger charge is 2.18. The molecular weight excluding hydrogens is 921 g/mol. The van der Waals surface area contributed by atoms with Gasteiger partial charge in [-0.05, 0) is 179 Å². The molecule has 0 saturated carbocycles. The van der Waals surface area contributed by atoms with Crippen LogP contribution in [-0.2, 0) is 0 Å². The average Bonchev–Trinajstić information content (AvgIpc) is 0.733. The molecule has 0 saturated heterocycles. The smallest absolute Gasteiger partial charge is 0.0645 e. The summed E-state index contributed by atoms with van der Waals surface area (Å²) < 4.78 is 259. The Morgan fingerprint density at radius 2 is 0.263 bits per heavy atom. The fourth-order valence-corrected chi connectivity index (χ4v) is 8.50.